The van der Waals surface area contributed by atoms with Gasteiger partial charge < -0.3 is 14.4 Å². The molecule has 2 aromatic carbocycles. The zero-order valence-electron chi connectivity index (χ0n) is 18.6. The van der Waals surface area contributed by atoms with E-state index in [-0.39, 0.29) is 23.7 Å². The molecular weight excluding hydrogens is 400 g/mol. The largest absolute Gasteiger partial charge is 0.378 e. The monoisotopic (exact) mass is 430 g/mol. The number of rotatable bonds is 4. The summed E-state index contributed by atoms with van der Waals surface area (Å²) in [4.78, 5) is 19.6. The summed E-state index contributed by atoms with van der Waals surface area (Å²) in [6, 6.07) is 20.3. The molecule has 5 heteroatoms. The molecule has 3 aromatic rings. The Labute approximate surface area is 189 Å². The average molecular weight is 431 g/mol. The number of hydrogen-bond donors (Lipinski definition) is 0. The highest BCUT2D eigenvalue weighted by molar-refractivity contribution is 5.97. The van der Waals surface area contributed by atoms with Gasteiger partial charge in [-0.3, -0.25) is 9.78 Å². The second-order valence-corrected chi connectivity index (χ2v) is 8.93. The Hall–Kier alpha value is -2.76. The van der Waals surface area contributed by atoms with Gasteiger partial charge in [-0.2, -0.15) is 0 Å². The number of aromatic nitrogens is 1. The van der Waals surface area contributed by atoms with Crippen molar-refractivity contribution in [3.63, 3.8) is 0 Å². The fraction of sp³-hybridized carbons (Fsp3) is 0.407. The Bertz CT molecular complexity index is 1080. The summed E-state index contributed by atoms with van der Waals surface area (Å²) in [5.41, 5.74) is 2.53. The topological polar surface area (TPSA) is 51.7 Å². The van der Waals surface area contributed by atoms with Crippen LogP contribution in [0, 0.1) is 0 Å². The Morgan fingerprint density at radius 3 is 2.66 bits per heavy atom. The third kappa shape index (κ3) is 4.27. The van der Waals surface area contributed by atoms with Gasteiger partial charge in [-0.05, 0) is 37.5 Å². The van der Waals surface area contributed by atoms with Crippen LogP contribution in [0.5, 0.6) is 0 Å². The van der Waals surface area contributed by atoms with Gasteiger partial charge in [-0.1, -0.05) is 48.5 Å². The van der Waals surface area contributed by atoms with Gasteiger partial charge in [0.05, 0.1) is 28.9 Å². The van der Waals surface area contributed by atoms with E-state index in [1.807, 2.05) is 41.3 Å². The highest BCUT2D eigenvalue weighted by Crippen LogP contribution is 2.44. The fourth-order valence-electron chi connectivity index (χ4n) is 5.18. The van der Waals surface area contributed by atoms with Crippen molar-refractivity contribution in [3.8, 4) is 0 Å². The third-order valence-electron chi connectivity index (χ3n) is 6.84. The van der Waals surface area contributed by atoms with Crippen molar-refractivity contribution in [2.45, 2.75) is 50.4 Å². The highest BCUT2D eigenvalue weighted by Gasteiger charge is 2.45. The summed E-state index contributed by atoms with van der Waals surface area (Å²) in [5.74, 6) is 0.0508. The molecule has 0 bridgehead atoms. The molecule has 2 fully saturated rings. The molecule has 2 aliphatic heterocycles. The molecule has 1 spiro atoms. The van der Waals surface area contributed by atoms with Gasteiger partial charge in [-0.25, -0.2) is 0 Å². The van der Waals surface area contributed by atoms with E-state index in [0.717, 1.165) is 36.6 Å². The van der Waals surface area contributed by atoms with E-state index in [1.165, 1.54) is 5.56 Å². The Morgan fingerprint density at radius 2 is 1.88 bits per heavy atom. The number of para-hydroxylation sites is 1. The first kappa shape index (κ1) is 21.1. The average Bonchev–Trinajstić information content (AvgIpc) is 2.84. The van der Waals surface area contributed by atoms with Crippen LogP contribution in [-0.4, -0.2) is 47.2 Å². The Balaban J connectivity index is 1.30. The van der Waals surface area contributed by atoms with Crippen molar-refractivity contribution in [2.75, 3.05) is 19.7 Å². The van der Waals surface area contributed by atoms with Gasteiger partial charge >= 0.3 is 0 Å². The number of likely N-dealkylation sites (tertiary alicyclic amines) is 1. The van der Waals surface area contributed by atoms with E-state index < -0.39 is 0 Å². The molecular formula is C27H30N2O3. The molecule has 32 heavy (non-hydrogen) atoms. The quantitative estimate of drug-likeness (QED) is 0.573. The molecule has 3 heterocycles. The van der Waals surface area contributed by atoms with Crippen LogP contribution >= 0.6 is 0 Å². The number of carbonyl (C=O) groups is 1. The lowest BCUT2D eigenvalue weighted by atomic mass is 9.80. The normalized spacial score (nSPS) is 22.8. The molecule has 2 unspecified atom stereocenters. The van der Waals surface area contributed by atoms with Crippen molar-refractivity contribution >= 4 is 16.8 Å². The first-order valence-corrected chi connectivity index (χ1v) is 11.6. The van der Waals surface area contributed by atoms with Crippen LogP contribution in [0.4, 0.5) is 0 Å². The van der Waals surface area contributed by atoms with E-state index in [1.54, 1.807) is 6.20 Å². The minimum absolute atomic E-state index is 0.0356. The van der Waals surface area contributed by atoms with Crippen molar-refractivity contribution in [3.05, 3.63) is 78.0 Å². The lowest BCUT2D eigenvalue weighted by molar-refractivity contribution is -0.190. The van der Waals surface area contributed by atoms with Crippen molar-refractivity contribution in [2.24, 2.45) is 0 Å². The molecule has 0 saturated carbocycles. The predicted octanol–water partition coefficient (Wildman–Crippen LogP) is 5.17. The van der Waals surface area contributed by atoms with Crippen molar-refractivity contribution in [1.82, 2.24) is 9.88 Å². The van der Waals surface area contributed by atoms with Gasteiger partial charge in [0.15, 0.2) is 0 Å². The number of benzene rings is 2. The van der Waals surface area contributed by atoms with E-state index in [4.69, 9.17) is 9.47 Å². The summed E-state index contributed by atoms with van der Waals surface area (Å²) in [5, 5.41) is 0.993. The Morgan fingerprint density at radius 1 is 1.12 bits per heavy atom. The Kier molecular flexibility index (Phi) is 5.94. The van der Waals surface area contributed by atoms with Crippen LogP contribution in [0.25, 0.3) is 10.9 Å². The maximum Gasteiger partial charge on any atom is 0.255 e. The van der Waals surface area contributed by atoms with Gasteiger partial charge in [0.2, 0.25) is 0 Å². The second-order valence-electron chi connectivity index (χ2n) is 8.93. The van der Waals surface area contributed by atoms with E-state index >= 15 is 0 Å². The molecule has 0 radical (unpaired) electrons. The molecule has 0 N–H and O–H groups in total. The smallest absolute Gasteiger partial charge is 0.255 e. The van der Waals surface area contributed by atoms with Crippen LogP contribution in [0.1, 0.15) is 54.6 Å². The molecule has 1 aromatic heterocycles. The minimum Gasteiger partial charge on any atom is -0.378 e. The summed E-state index contributed by atoms with van der Waals surface area (Å²) in [6.07, 6.45) is 5.34. The number of carbonyl (C=O) groups excluding carboxylic acids is 1. The third-order valence-corrected chi connectivity index (χ3v) is 6.84. The first-order valence-electron chi connectivity index (χ1n) is 11.6. The first-order chi connectivity index (χ1) is 15.7. The minimum atomic E-state index is -0.239. The standard InChI is InChI=1S/C27H30N2O3/c1-2-31-23-17-25(20-8-4-3-5-9-20)32-27(18-23)12-14-29(15-13-27)26(30)22-16-21-10-6-7-11-24(21)28-19-22/h3-11,16,19,23,25H,2,12-15,17-18H2,1H3. The summed E-state index contributed by atoms with van der Waals surface area (Å²) in [6.45, 7) is 4.14. The zero-order valence-corrected chi connectivity index (χ0v) is 18.6. The van der Waals surface area contributed by atoms with Crippen LogP contribution in [-0.2, 0) is 9.47 Å². The lowest BCUT2D eigenvalue weighted by Gasteiger charge is -2.48. The number of fused-ring (bicyclic) bond motifs is 1. The summed E-state index contributed by atoms with van der Waals surface area (Å²) >= 11 is 0. The van der Waals surface area contributed by atoms with Crippen LogP contribution in [0.15, 0.2) is 66.9 Å². The summed E-state index contributed by atoms with van der Waals surface area (Å²) < 4.78 is 12.8. The van der Waals surface area contributed by atoms with Crippen LogP contribution < -0.4 is 0 Å². The zero-order chi connectivity index (χ0) is 22.0. The maximum atomic E-state index is 13.2. The number of amides is 1. The molecule has 1 amide bonds. The molecule has 2 atom stereocenters. The van der Waals surface area contributed by atoms with Gasteiger partial charge in [0.25, 0.3) is 5.91 Å². The van der Waals surface area contributed by atoms with Gasteiger partial charge in [-0.15, -0.1) is 0 Å². The van der Waals surface area contributed by atoms with E-state index in [2.05, 4.69) is 36.2 Å². The number of ether oxygens (including phenoxy) is 2. The molecule has 2 aliphatic rings. The molecule has 5 nitrogen and oxygen atoms in total. The number of piperidine rings is 1. The molecule has 0 aliphatic carbocycles. The van der Waals surface area contributed by atoms with Crippen LogP contribution in [0.2, 0.25) is 0 Å². The SMILES string of the molecule is CCOC1CC(c2ccccc2)OC2(CCN(C(=O)c3cnc4ccccc4c3)CC2)C1. The van der Waals surface area contributed by atoms with Crippen molar-refractivity contribution < 1.29 is 14.3 Å². The molecule has 2 saturated heterocycles. The van der Waals surface area contributed by atoms with E-state index in [0.29, 0.717) is 25.3 Å². The summed E-state index contributed by atoms with van der Waals surface area (Å²) in [7, 11) is 0. The predicted molar refractivity (Wildman–Crippen MR) is 125 cm³/mol. The lowest BCUT2D eigenvalue weighted by Crippen LogP contribution is -2.52. The number of pyridine rings is 1. The second kappa shape index (κ2) is 9.00. The van der Waals surface area contributed by atoms with E-state index in [9.17, 15) is 4.79 Å². The number of hydrogen-bond acceptors (Lipinski definition) is 4. The maximum absolute atomic E-state index is 13.2. The number of nitrogens with zero attached hydrogens (tertiary/aromatic N) is 2. The molecule has 5 rings (SSSR count). The fourth-order valence-corrected chi connectivity index (χ4v) is 5.18. The highest BCUT2D eigenvalue weighted by atomic mass is 16.5. The van der Waals surface area contributed by atoms with Gasteiger partial charge in [0, 0.05) is 44.1 Å². The van der Waals surface area contributed by atoms with Gasteiger partial charge in [0.1, 0.15) is 0 Å². The molecule has 166 valence electrons. The van der Waals surface area contributed by atoms with Crippen molar-refractivity contribution in [1.29, 1.82) is 0 Å². The van der Waals surface area contributed by atoms with Crippen LogP contribution in [0.3, 0.4) is 0 Å².